The van der Waals surface area contributed by atoms with Crippen molar-refractivity contribution in [1.29, 1.82) is 0 Å². The average molecular weight is 291 g/mol. The Balaban J connectivity index is 1.99. The maximum atomic E-state index is 9.83. The van der Waals surface area contributed by atoms with Gasteiger partial charge in [0.15, 0.2) is 0 Å². The van der Waals surface area contributed by atoms with Crippen LogP contribution in [-0.2, 0) is 4.74 Å². The van der Waals surface area contributed by atoms with Crippen molar-refractivity contribution < 1.29 is 14.9 Å². The normalized spacial score (nSPS) is 26.3. The number of ether oxygens (including phenoxy) is 1. The van der Waals surface area contributed by atoms with E-state index in [-0.39, 0.29) is 18.3 Å². The third-order valence-corrected chi connectivity index (χ3v) is 4.44. The topological polar surface area (TPSA) is 91.3 Å². The molecule has 0 saturated carbocycles. The van der Waals surface area contributed by atoms with Gasteiger partial charge in [0.1, 0.15) is 23.5 Å². The van der Waals surface area contributed by atoms with Crippen molar-refractivity contribution in [3.63, 3.8) is 0 Å². The van der Waals surface area contributed by atoms with E-state index in [1.807, 2.05) is 6.07 Å². The monoisotopic (exact) mass is 291 g/mol. The number of rotatable bonds is 3. The molecule has 3 N–H and O–H groups in total. The number of nitrogens with one attached hydrogen (secondary N) is 1. The molecule has 3 heterocycles. The molecule has 1 aliphatic rings. The van der Waals surface area contributed by atoms with E-state index >= 15 is 0 Å². The summed E-state index contributed by atoms with van der Waals surface area (Å²) in [7, 11) is 0. The minimum absolute atomic E-state index is 0.0819. The average Bonchev–Trinajstić information content (AvgIpc) is 2.99. The van der Waals surface area contributed by atoms with Crippen LogP contribution in [0.2, 0.25) is 0 Å². The summed E-state index contributed by atoms with van der Waals surface area (Å²) in [5.74, 6) is 1.19. The van der Waals surface area contributed by atoms with Gasteiger partial charge in [-0.2, -0.15) is 0 Å². The first kappa shape index (κ1) is 14.4. The molecule has 3 rings (SSSR count). The van der Waals surface area contributed by atoms with Crippen LogP contribution in [-0.4, -0.2) is 37.4 Å². The summed E-state index contributed by atoms with van der Waals surface area (Å²) in [5, 5.41) is 18.9. The van der Waals surface area contributed by atoms with E-state index in [0.29, 0.717) is 17.1 Å². The van der Waals surface area contributed by atoms with Crippen molar-refractivity contribution in [2.45, 2.75) is 45.0 Å². The van der Waals surface area contributed by atoms with E-state index in [9.17, 15) is 5.11 Å². The summed E-state index contributed by atoms with van der Waals surface area (Å²) < 4.78 is 6.08. The number of aliphatic hydroxyl groups is 2. The van der Waals surface area contributed by atoms with Gasteiger partial charge in [-0.3, -0.25) is 4.98 Å². The molecule has 0 amide bonds. The van der Waals surface area contributed by atoms with Crippen molar-refractivity contribution in [3.05, 3.63) is 23.8 Å². The highest BCUT2D eigenvalue weighted by atomic mass is 16.5. The van der Waals surface area contributed by atoms with Crippen LogP contribution < -0.4 is 0 Å². The number of hydrogen-bond acceptors (Lipinski definition) is 5. The van der Waals surface area contributed by atoms with Crippen molar-refractivity contribution >= 4 is 11.0 Å². The Kier molecular flexibility index (Phi) is 3.47. The zero-order chi connectivity index (χ0) is 15.2. The lowest BCUT2D eigenvalue weighted by Crippen LogP contribution is -2.24. The number of nitrogens with zero attached hydrogens (tertiary/aromatic N) is 2. The quantitative estimate of drug-likeness (QED) is 0.803. The second-order valence-corrected chi connectivity index (χ2v) is 6.26. The first-order valence-corrected chi connectivity index (χ1v) is 7.23. The molecule has 0 aromatic carbocycles. The van der Waals surface area contributed by atoms with Gasteiger partial charge in [-0.05, 0) is 32.3 Å². The number of aliphatic hydroxyl groups excluding tert-OH is 2. The van der Waals surface area contributed by atoms with Crippen molar-refractivity contribution in [3.8, 4) is 0 Å². The number of aromatic nitrogens is 3. The van der Waals surface area contributed by atoms with Gasteiger partial charge in [-0.1, -0.05) is 6.92 Å². The zero-order valence-electron chi connectivity index (χ0n) is 12.5. The van der Waals surface area contributed by atoms with Crippen LogP contribution in [0.3, 0.4) is 0 Å². The van der Waals surface area contributed by atoms with E-state index in [0.717, 1.165) is 17.8 Å². The Labute approximate surface area is 123 Å². The SMILES string of the molecule is C[C@H]1CC(c2nc3c(C(O)CO)nccc3[nH]2)OC1(C)C. The summed E-state index contributed by atoms with van der Waals surface area (Å²) in [6.45, 7) is 5.97. The molecule has 3 atom stereocenters. The second-order valence-electron chi connectivity index (χ2n) is 6.26. The molecule has 114 valence electrons. The standard InChI is InChI=1S/C15H21N3O3/c1-8-6-11(21-15(8,2)3)14-17-9-4-5-16-13(10(20)7-19)12(9)18-14/h4-5,8,10-11,19-20H,6-7H2,1-3H3,(H,17,18)/t8-,10?,11?/m0/s1. The summed E-state index contributed by atoms with van der Waals surface area (Å²) in [4.78, 5) is 11.9. The number of aromatic amines is 1. The summed E-state index contributed by atoms with van der Waals surface area (Å²) in [5.41, 5.74) is 1.61. The van der Waals surface area contributed by atoms with Gasteiger partial charge in [0.05, 0.1) is 23.4 Å². The summed E-state index contributed by atoms with van der Waals surface area (Å²) in [6, 6.07) is 1.81. The Morgan fingerprint density at radius 2 is 2.29 bits per heavy atom. The molecule has 0 radical (unpaired) electrons. The highest BCUT2D eigenvalue weighted by Crippen LogP contribution is 2.42. The molecular formula is C15H21N3O3. The predicted octanol–water partition coefficient (Wildman–Crippen LogP) is 1.86. The lowest BCUT2D eigenvalue weighted by Gasteiger charge is -2.22. The lowest BCUT2D eigenvalue weighted by molar-refractivity contribution is -0.0328. The van der Waals surface area contributed by atoms with Gasteiger partial charge in [0, 0.05) is 6.20 Å². The molecule has 1 aliphatic heterocycles. The molecule has 21 heavy (non-hydrogen) atoms. The van der Waals surface area contributed by atoms with E-state index in [2.05, 4.69) is 35.7 Å². The number of hydrogen-bond donors (Lipinski definition) is 3. The van der Waals surface area contributed by atoms with E-state index in [1.165, 1.54) is 0 Å². The van der Waals surface area contributed by atoms with Crippen molar-refractivity contribution in [1.82, 2.24) is 15.0 Å². The molecule has 0 aliphatic carbocycles. The first-order valence-electron chi connectivity index (χ1n) is 7.23. The minimum atomic E-state index is -1.02. The third-order valence-electron chi connectivity index (χ3n) is 4.44. The zero-order valence-corrected chi connectivity index (χ0v) is 12.5. The molecule has 0 spiro atoms. The van der Waals surface area contributed by atoms with Crippen LogP contribution in [0.15, 0.2) is 12.3 Å². The Hall–Kier alpha value is -1.50. The van der Waals surface area contributed by atoms with Crippen LogP contribution in [0.4, 0.5) is 0 Å². The Bertz CT molecular complexity index is 653. The third kappa shape index (κ3) is 2.43. The van der Waals surface area contributed by atoms with Crippen LogP contribution in [0.25, 0.3) is 11.0 Å². The highest BCUT2D eigenvalue weighted by Gasteiger charge is 2.40. The Morgan fingerprint density at radius 1 is 1.52 bits per heavy atom. The molecule has 0 bridgehead atoms. The smallest absolute Gasteiger partial charge is 0.136 e. The van der Waals surface area contributed by atoms with Crippen LogP contribution in [0.5, 0.6) is 0 Å². The molecule has 6 nitrogen and oxygen atoms in total. The van der Waals surface area contributed by atoms with Gasteiger partial charge in [-0.25, -0.2) is 4.98 Å². The number of fused-ring (bicyclic) bond motifs is 1. The van der Waals surface area contributed by atoms with E-state index in [4.69, 9.17) is 9.84 Å². The second kappa shape index (κ2) is 5.05. The van der Waals surface area contributed by atoms with Gasteiger partial charge in [0.25, 0.3) is 0 Å². The van der Waals surface area contributed by atoms with Gasteiger partial charge >= 0.3 is 0 Å². The molecule has 6 heteroatoms. The fourth-order valence-corrected chi connectivity index (χ4v) is 2.76. The number of pyridine rings is 1. The molecule has 1 saturated heterocycles. The fourth-order valence-electron chi connectivity index (χ4n) is 2.76. The first-order chi connectivity index (χ1) is 9.92. The molecule has 1 fully saturated rings. The largest absolute Gasteiger partial charge is 0.393 e. The van der Waals surface area contributed by atoms with Crippen molar-refractivity contribution in [2.75, 3.05) is 6.61 Å². The predicted molar refractivity (Wildman–Crippen MR) is 77.6 cm³/mol. The van der Waals surface area contributed by atoms with Gasteiger partial charge in [0.2, 0.25) is 0 Å². The van der Waals surface area contributed by atoms with Crippen molar-refractivity contribution in [2.24, 2.45) is 5.92 Å². The molecule has 2 unspecified atom stereocenters. The number of imidazole rings is 1. The van der Waals surface area contributed by atoms with Crippen LogP contribution in [0, 0.1) is 5.92 Å². The molecular weight excluding hydrogens is 270 g/mol. The molecule has 2 aromatic rings. The molecule has 2 aromatic heterocycles. The van der Waals surface area contributed by atoms with E-state index in [1.54, 1.807) is 6.20 Å². The van der Waals surface area contributed by atoms with Gasteiger partial charge in [-0.15, -0.1) is 0 Å². The lowest BCUT2D eigenvalue weighted by atomic mass is 9.92. The fraction of sp³-hybridized carbons (Fsp3) is 0.600. The maximum absolute atomic E-state index is 9.83. The van der Waals surface area contributed by atoms with Gasteiger partial charge < -0.3 is 19.9 Å². The van der Waals surface area contributed by atoms with E-state index < -0.39 is 6.10 Å². The maximum Gasteiger partial charge on any atom is 0.136 e. The van der Waals surface area contributed by atoms with Crippen LogP contribution >= 0.6 is 0 Å². The minimum Gasteiger partial charge on any atom is -0.393 e. The Morgan fingerprint density at radius 3 is 2.90 bits per heavy atom. The van der Waals surface area contributed by atoms with Crippen LogP contribution in [0.1, 0.15) is 50.9 Å². The number of H-pyrrole nitrogens is 1. The highest BCUT2D eigenvalue weighted by molar-refractivity contribution is 5.77. The summed E-state index contributed by atoms with van der Waals surface area (Å²) >= 11 is 0. The summed E-state index contributed by atoms with van der Waals surface area (Å²) in [6.07, 6.45) is 1.39.